The second-order valence-electron chi connectivity index (χ2n) is 9.02. The molecule has 4 aromatic carbocycles. The summed E-state index contributed by atoms with van der Waals surface area (Å²) < 4.78 is 4.86. The van der Waals surface area contributed by atoms with Gasteiger partial charge < -0.3 is 4.40 Å². The molecule has 31 heavy (non-hydrogen) atoms. The highest BCUT2D eigenvalue weighted by atomic mass is 15.0. The van der Waals surface area contributed by atoms with Crippen LogP contribution in [0.3, 0.4) is 0 Å². The molecule has 0 saturated carbocycles. The number of hydrogen-bond donors (Lipinski definition) is 0. The van der Waals surface area contributed by atoms with Crippen LogP contribution in [0.15, 0.2) is 66.9 Å². The highest BCUT2D eigenvalue weighted by Gasteiger charge is 2.26. The zero-order chi connectivity index (χ0) is 21.0. The van der Waals surface area contributed by atoms with E-state index in [0.717, 1.165) is 0 Å². The summed E-state index contributed by atoms with van der Waals surface area (Å²) in [6.45, 7) is 6.85. The fourth-order valence-electron chi connectivity index (χ4n) is 6.10. The molecule has 0 amide bonds. The van der Waals surface area contributed by atoms with Crippen molar-refractivity contribution in [3.05, 3.63) is 83.6 Å². The van der Waals surface area contributed by atoms with Gasteiger partial charge in [-0.1, -0.05) is 48.5 Å². The Balaban J connectivity index is 2.02. The molecule has 0 aliphatic rings. The van der Waals surface area contributed by atoms with Crippen molar-refractivity contribution in [3.63, 3.8) is 0 Å². The minimum atomic E-state index is 1.29. The minimum absolute atomic E-state index is 1.29. The Kier molecular flexibility index (Phi) is 3.04. The molecule has 0 N–H and O–H groups in total. The van der Waals surface area contributed by atoms with E-state index in [1.165, 1.54) is 76.5 Å². The van der Waals surface area contributed by atoms with Gasteiger partial charge >= 0.3 is 0 Å². The van der Waals surface area contributed by atoms with Crippen molar-refractivity contribution < 1.29 is 4.57 Å². The molecule has 0 spiro atoms. The van der Waals surface area contributed by atoms with Gasteiger partial charge in [-0.15, -0.1) is 0 Å². The van der Waals surface area contributed by atoms with Gasteiger partial charge in [0.25, 0.3) is 0 Å². The number of nitrogens with zero attached hydrogens (tertiary/aromatic N) is 2. The molecule has 0 aliphatic heterocycles. The Labute approximate surface area is 180 Å². The van der Waals surface area contributed by atoms with Gasteiger partial charge in [-0.3, -0.25) is 0 Å². The first kappa shape index (κ1) is 17.1. The van der Waals surface area contributed by atoms with Crippen LogP contribution in [-0.4, -0.2) is 4.40 Å². The number of benzene rings is 4. The van der Waals surface area contributed by atoms with Crippen molar-refractivity contribution >= 4 is 59.8 Å². The van der Waals surface area contributed by atoms with Gasteiger partial charge in [-0.05, 0) is 59.7 Å². The van der Waals surface area contributed by atoms with Crippen LogP contribution >= 0.6 is 0 Å². The van der Waals surface area contributed by atoms with Crippen LogP contribution < -0.4 is 4.57 Å². The molecule has 0 atom stereocenters. The summed E-state index contributed by atoms with van der Waals surface area (Å²) in [5.41, 5.74) is 9.37. The number of para-hydroxylation sites is 1. The summed E-state index contributed by atoms with van der Waals surface area (Å²) in [4.78, 5) is 0. The number of pyridine rings is 2. The Morgan fingerprint density at radius 2 is 1.45 bits per heavy atom. The van der Waals surface area contributed by atoms with E-state index in [9.17, 15) is 0 Å². The molecule has 0 fully saturated rings. The SMILES string of the molecule is Cc1cccc2c(C)c3c(c(C)c12)n1c2ccccc2c2ccc4cc[n+](C)c3c4c21. The predicted molar refractivity (Wildman–Crippen MR) is 132 cm³/mol. The molecular formula is C29H23N2+. The van der Waals surface area contributed by atoms with Crippen molar-refractivity contribution in [2.75, 3.05) is 0 Å². The summed E-state index contributed by atoms with van der Waals surface area (Å²) in [6.07, 6.45) is 2.21. The van der Waals surface area contributed by atoms with E-state index < -0.39 is 0 Å². The number of aromatic nitrogens is 2. The zero-order valence-electron chi connectivity index (χ0n) is 18.2. The van der Waals surface area contributed by atoms with Gasteiger partial charge in [0.2, 0.25) is 5.52 Å². The molecule has 0 unspecified atom stereocenters. The Hall–Kier alpha value is -3.65. The van der Waals surface area contributed by atoms with Crippen molar-refractivity contribution in [2.24, 2.45) is 7.05 Å². The van der Waals surface area contributed by atoms with E-state index >= 15 is 0 Å². The third kappa shape index (κ3) is 1.87. The normalized spacial score (nSPS) is 12.5. The molecule has 7 rings (SSSR count). The largest absolute Gasteiger partial charge is 0.307 e. The molecule has 2 nitrogen and oxygen atoms in total. The van der Waals surface area contributed by atoms with Crippen molar-refractivity contribution in [1.29, 1.82) is 0 Å². The Bertz CT molecular complexity index is 1870. The Morgan fingerprint density at radius 1 is 0.645 bits per heavy atom. The first-order valence-electron chi connectivity index (χ1n) is 11.0. The fraction of sp³-hybridized carbons (Fsp3) is 0.138. The lowest BCUT2D eigenvalue weighted by molar-refractivity contribution is -0.643. The van der Waals surface area contributed by atoms with Crippen LogP contribution in [0.1, 0.15) is 16.7 Å². The topological polar surface area (TPSA) is 8.29 Å². The van der Waals surface area contributed by atoms with Crippen molar-refractivity contribution in [3.8, 4) is 0 Å². The van der Waals surface area contributed by atoms with Crippen molar-refractivity contribution in [2.45, 2.75) is 20.8 Å². The van der Waals surface area contributed by atoms with Gasteiger partial charge in [0.05, 0.1) is 27.3 Å². The summed E-state index contributed by atoms with van der Waals surface area (Å²) in [7, 11) is 2.19. The third-order valence-corrected chi connectivity index (χ3v) is 7.42. The van der Waals surface area contributed by atoms with Gasteiger partial charge in [0.15, 0.2) is 6.20 Å². The third-order valence-electron chi connectivity index (χ3n) is 7.42. The summed E-state index contributed by atoms with van der Waals surface area (Å²) in [5, 5.41) is 9.44. The predicted octanol–water partition coefficient (Wildman–Crippen LogP) is 6.89. The number of aryl methyl sites for hydroxylation is 4. The minimum Gasteiger partial charge on any atom is -0.307 e. The molecule has 3 heterocycles. The molecule has 148 valence electrons. The summed E-state index contributed by atoms with van der Waals surface area (Å²) in [6, 6.07) is 22.4. The lowest BCUT2D eigenvalue weighted by Crippen LogP contribution is -2.29. The molecular weight excluding hydrogens is 376 g/mol. The van der Waals surface area contributed by atoms with E-state index in [1.807, 2.05) is 0 Å². The molecule has 0 saturated heterocycles. The first-order chi connectivity index (χ1) is 15.1. The van der Waals surface area contributed by atoms with Crippen molar-refractivity contribution in [1.82, 2.24) is 4.40 Å². The van der Waals surface area contributed by atoms with Crippen LogP contribution in [-0.2, 0) is 7.05 Å². The monoisotopic (exact) mass is 399 g/mol. The first-order valence-corrected chi connectivity index (χ1v) is 11.0. The van der Waals surface area contributed by atoms with E-state index in [-0.39, 0.29) is 0 Å². The molecule has 2 heteroatoms. The standard InChI is InChI=1S/C29H23N2/c1-16-8-7-10-20-17(2)25-27(18(3)24(16)20)31-23-11-6-5-9-21(23)22-13-12-19-14-15-30(4)29(25)26(19)28(22)31/h5-15H,1-4H3/q+1. The molecule has 0 bridgehead atoms. The average molecular weight is 400 g/mol. The van der Waals surface area contributed by atoms with Crippen LogP contribution in [0.25, 0.3) is 59.8 Å². The number of rotatable bonds is 0. The van der Waals surface area contributed by atoms with Gasteiger partial charge in [-0.2, -0.15) is 0 Å². The quantitative estimate of drug-likeness (QED) is 0.149. The molecule has 0 aliphatic carbocycles. The molecule has 7 aromatic rings. The lowest BCUT2D eigenvalue weighted by atomic mass is 9.91. The van der Waals surface area contributed by atoms with Gasteiger partial charge in [0.1, 0.15) is 7.05 Å². The average Bonchev–Trinajstić information content (AvgIpc) is 3.12. The van der Waals surface area contributed by atoms with E-state index in [1.54, 1.807) is 0 Å². The van der Waals surface area contributed by atoms with Crippen LogP contribution in [0, 0.1) is 20.8 Å². The van der Waals surface area contributed by atoms with E-state index in [0.29, 0.717) is 0 Å². The lowest BCUT2D eigenvalue weighted by Gasteiger charge is -2.18. The second kappa shape index (κ2) is 5.53. The van der Waals surface area contributed by atoms with E-state index in [4.69, 9.17) is 0 Å². The highest BCUT2D eigenvalue weighted by Crippen LogP contribution is 2.44. The van der Waals surface area contributed by atoms with Gasteiger partial charge in [0, 0.05) is 16.8 Å². The highest BCUT2D eigenvalue weighted by molar-refractivity contribution is 6.28. The van der Waals surface area contributed by atoms with E-state index in [2.05, 4.69) is 104 Å². The van der Waals surface area contributed by atoms with Gasteiger partial charge in [-0.25, -0.2) is 4.57 Å². The van der Waals surface area contributed by atoms with Crippen LogP contribution in [0.4, 0.5) is 0 Å². The number of fused-ring (bicyclic) bond motifs is 7. The summed E-state index contributed by atoms with van der Waals surface area (Å²) >= 11 is 0. The maximum absolute atomic E-state index is 2.55. The number of hydrogen-bond acceptors (Lipinski definition) is 0. The Morgan fingerprint density at radius 3 is 2.32 bits per heavy atom. The second-order valence-corrected chi connectivity index (χ2v) is 9.02. The summed E-state index contributed by atoms with van der Waals surface area (Å²) in [5.74, 6) is 0. The zero-order valence-corrected chi connectivity index (χ0v) is 18.2. The smallest absolute Gasteiger partial charge is 0.224 e. The van der Waals surface area contributed by atoms with Crippen LogP contribution in [0.2, 0.25) is 0 Å². The van der Waals surface area contributed by atoms with Crippen LogP contribution in [0.5, 0.6) is 0 Å². The molecule has 3 aromatic heterocycles. The maximum Gasteiger partial charge on any atom is 0.224 e. The molecule has 0 radical (unpaired) electrons. The maximum atomic E-state index is 2.55. The fourth-order valence-corrected chi connectivity index (χ4v) is 6.10.